The molecule has 8 heavy (non-hydrogen) atoms. The lowest BCUT2D eigenvalue weighted by Crippen LogP contribution is -2.22. The van der Waals surface area contributed by atoms with Crippen LogP contribution in [0.15, 0.2) is 0 Å². The highest BCUT2D eigenvalue weighted by Crippen LogP contribution is 2.04. The summed E-state index contributed by atoms with van der Waals surface area (Å²) >= 11 is 5.23. The topological polar surface area (TPSA) is 60.2 Å². The Balaban J connectivity index is 4.04. The van der Waals surface area contributed by atoms with Gasteiger partial charge in [-0.3, -0.25) is 0 Å². The van der Waals surface area contributed by atoms with Crippen LogP contribution >= 0.6 is 11.6 Å². The molecule has 0 radical (unpaired) electrons. The van der Waals surface area contributed by atoms with Crippen molar-refractivity contribution in [3.8, 4) is 0 Å². The van der Waals surface area contributed by atoms with Crippen LogP contribution in [0.3, 0.4) is 0 Å². The standard InChI is InChI=1S/C3H8ClNO2S/c1-2-3(4)8(5,6)7/h3H,2H2,1H3,(H2,5,6,7). The molecule has 0 spiro atoms. The minimum absolute atomic E-state index is 0.348. The van der Waals surface area contributed by atoms with Crippen molar-refractivity contribution < 1.29 is 8.42 Å². The molecule has 0 aromatic rings. The van der Waals surface area contributed by atoms with E-state index in [-0.39, 0.29) is 0 Å². The molecular formula is C3H8ClNO2S. The van der Waals surface area contributed by atoms with E-state index in [1.54, 1.807) is 6.92 Å². The van der Waals surface area contributed by atoms with Crippen molar-refractivity contribution in [1.82, 2.24) is 0 Å². The van der Waals surface area contributed by atoms with Gasteiger partial charge in [-0.15, -0.1) is 11.6 Å². The highest BCUT2D eigenvalue weighted by Gasteiger charge is 2.13. The molecule has 0 aliphatic carbocycles. The van der Waals surface area contributed by atoms with E-state index < -0.39 is 14.7 Å². The fourth-order valence-electron chi connectivity index (χ4n) is 0.232. The van der Waals surface area contributed by atoms with Gasteiger partial charge in [0.25, 0.3) is 0 Å². The highest BCUT2D eigenvalue weighted by atomic mass is 35.5. The van der Waals surface area contributed by atoms with E-state index in [4.69, 9.17) is 11.6 Å². The molecule has 50 valence electrons. The summed E-state index contributed by atoms with van der Waals surface area (Å²) in [6.45, 7) is 1.65. The summed E-state index contributed by atoms with van der Waals surface area (Å²) in [5, 5.41) is 4.63. The molecule has 0 aliphatic heterocycles. The largest absolute Gasteiger partial charge is 0.227 e. The smallest absolute Gasteiger partial charge is 0.226 e. The molecule has 0 amide bonds. The number of rotatable bonds is 2. The Kier molecular flexibility index (Phi) is 2.73. The maximum atomic E-state index is 10.2. The van der Waals surface area contributed by atoms with E-state index >= 15 is 0 Å². The van der Waals surface area contributed by atoms with Gasteiger partial charge in [0.05, 0.1) is 0 Å². The molecule has 0 bridgehead atoms. The number of hydrogen-bond acceptors (Lipinski definition) is 2. The number of alkyl halides is 1. The van der Waals surface area contributed by atoms with Crippen molar-refractivity contribution in [2.45, 2.75) is 18.1 Å². The average molecular weight is 158 g/mol. The predicted molar refractivity (Wildman–Crippen MR) is 33.0 cm³/mol. The molecular weight excluding hydrogens is 150 g/mol. The van der Waals surface area contributed by atoms with Crippen LogP contribution in [0.5, 0.6) is 0 Å². The van der Waals surface area contributed by atoms with Crippen molar-refractivity contribution in [2.24, 2.45) is 5.14 Å². The minimum Gasteiger partial charge on any atom is -0.227 e. The zero-order valence-corrected chi connectivity index (χ0v) is 6.04. The molecule has 1 unspecified atom stereocenters. The maximum absolute atomic E-state index is 10.2. The zero-order chi connectivity index (χ0) is 6.78. The van der Waals surface area contributed by atoms with Crippen LogP contribution < -0.4 is 5.14 Å². The quantitative estimate of drug-likeness (QED) is 0.585. The van der Waals surface area contributed by atoms with Gasteiger partial charge in [-0.05, 0) is 6.42 Å². The number of halogens is 1. The first-order chi connectivity index (χ1) is 3.48. The van der Waals surface area contributed by atoms with Crippen molar-refractivity contribution >= 4 is 21.6 Å². The summed E-state index contributed by atoms with van der Waals surface area (Å²) in [7, 11) is -3.49. The van der Waals surface area contributed by atoms with Gasteiger partial charge in [0, 0.05) is 0 Å². The summed E-state index contributed by atoms with van der Waals surface area (Å²) in [6.07, 6.45) is 0.348. The third-order valence-corrected chi connectivity index (χ3v) is 2.78. The van der Waals surface area contributed by atoms with E-state index in [1.807, 2.05) is 0 Å². The van der Waals surface area contributed by atoms with Crippen molar-refractivity contribution in [3.63, 3.8) is 0 Å². The van der Waals surface area contributed by atoms with Crippen molar-refractivity contribution in [2.75, 3.05) is 0 Å². The Hall–Kier alpha value is 0.200. The fraction of sp³-hybridized carbons (Fsp3) is 1.00. The third-order valence-electron chi connectivity index (χ3n) is 0.677. The van der Waals surface area contributed by atoms with Gasteiger partial charge in [-0.2, -0.15) is 0 Å². The van der Waals surface area contributed by atoms with Crippen LogP contribution in [0.1, 0.15) is 13.3 Å². The minimum atomic E-state index is -3.49. The molecule has 1 atom stereocenters. The first kappa shape index (κ1) is 8.20. The van der Waals surface area contributed by atoms with Crippen molar-refractivity contribution in [3.05, 3.63) is 0 Å². The second-order valence-corrected chi connectivity index (χ2v) is 3.94. The third kappa shape index (κ3) is 2.49. The van der Waals surface area contributed by atoms with Crippen LogP contribution in [0.25, 0.3) is 0 Å². The Bertz CT molecular complexity index is 153. The molecule has 2 N–H and O–H groups in total. The lowest BCUT2D eigenvalue weighted by atomic mass is 10.6. The van der Waals surface area contributed by atoms with Gasteiger partial charge in [0.1, 0.15) is 4.71 Å². The van der Waals surface area contributed by atoms with E-state index in [1.165, 1.54) is 0 Å². The predicted octanol–water partition coefficient (Wildman–Crippen LogP) is 0.250. The van der Waals surface area contributed by atoms with Crippen LogP contribution in [-0.4, -0.2) is 13.1 Å². The Labute approximate surface area is 53.9 Å². The summed E-state index contributed by atoms with van der Waals surface area (Å²) in [5.74, 6) is 0. The van der Waals surface area contributed by atoms with Gasteiger partial charge in [-0.1, -0.05) is 6.92 Å². The lowest BCUT2D eigenvalue weighted by Gasteiger charge is -1.99. The van der Waals surface area contributed by atoms with E-state index in [0.29, 0.717) is 6.42 Å². The molecule has 5 heteroatoms. The SMILES string of the molecule is CCC(Cl)S(N)(=O)=O. The molecule has 0 heterocycles. The van der Waals surface area contributed by atoms with Gasteiger partial charge in [-0.25, -0.2) is 13.6 Å². The number of nitrogens with two attached hydrogens (primary N) is 1. The first-order valence-electron chi connectivity index (χ1n) is 2.14. The summed E-state index contributed by atoms with van der Waals surface area (Å²) in [5.41, 5.74) is 0. The highest BCUT2D eigenvalue weighted by molar-refractivity contribution is 7.91. The second-order valence-electron chi connectivity index (χ2n) is 1.41. The van der Waals surface area contributed by atoms with Crippen LogP contribution in [0, 0.1) is 0 Å². The molecule has 0 saturated carbocycles. The molecule has 0 aromatic carbocycles. The first-order valence-corrected chi connectivity index (χ1v) is 4.18. The van der Waals surface area contributed by atoms with Crippen LogP contribution in [0.2, 0.25) is 0 Å². The monoisotopic (exact) mass is 157 g/mol. The van der Waals surface area contributed by atoms with Gasteiger partial charge in [0.15, 0.2) is 0 Å². The van der Waals surface area contributed by atoms with Gasteiger partial charge in [0.2, 0.25) is 10.0 Å². The molecule has 3 nitrogen and oxygen atoms in total. The molecule has 0 aliphatic rings. The maximum Gasteiger partial charge on any atom is 0.226 e. The summed E-state index contributed by atoms with van der Waals surface area (Å²) in [6, 6.07) is 0. The molecule has 0 aromatic heterocycles. The zero-order valence-electron chi connectivity index (χ0n) is 4.46. The number of primary sulfonamides is 1. The Morgan fingerprint density at radius 3 is 2.12 bits per heavy atom. The van der Waals surface area contributed by atoms with E-state index in [9.17, 15) is 8.42 Å². The summed E-state index contributed by atoms with van der Waals surface area (Å²) < 4.78 is 19.5. The Morgan fingerprint density at radius 1 is 1.75 bits per heavy atom. The lowest BCUT2D eigenvalue weighted by molar-refractivity contribution is 0.592. The number of sulfonamides is 1. The van der Waals surface area contributed by atoms with Crippen LogP contribution in [-0.2, 0) is 10.0 Å². The average Bonchev–Trinajstić information content (AvgIpc) is 1.62. The van der Waals surface area contributed by atoms with E-state index in [0.717, 1.165) is 0 Å². The fourth-order valence-corrected chi connectivity index (χ4v) is 0.697. The molecule has 0 fully saturated rings. The van der Waals surface area contributed by atoms with Gasteiger partial charge < -0.3 is 0 Å². The molecule has 0 rings (SSSR count). The number of hydrogen-bond donors (Lipinski definition) is 1. The molecule has 0 saturated heterocycles. The van der Waals surface area contributed by atoms with Crippen LogP contribution in [0.4, 0.5) is 0 Å². The van der Waals surface area contributed by atoms with Crippen molar-refractivity contribution in [1.29, 1.82) is 0 Å². The Morgan fingerprint density at radius 2 is 2.12 bits per heavy atom. The second kappa shape index (κ2) is 2.66. The normalized spacial score (nSPS) is 15.9. The van der Waals surface area contributed by atoms with Gasteiger partial charge >= 0.3 is 0 Å². The van der Waals surface area contributed by atoms with E-state index in [2.05, 4.69) is 5.14 Å². The summed E-state index contributed by atoms with van der Waals surface area (Å²) in [4.78, 5) is 0.